The SMILES string of the molecule is COC(=O)Nc1ccc(-c2cc3c(N[C@@H]4CCC(C)C4(C)C)c(C(N)=O)cnn3c2)cc1. The fraction of sp³-hybridized carbons (Fsp3) is 0.375. The summed E-state index contributed by atoms with van der Waals surface area (Å²) in [4.78, 5) is 23.6. The summed E-state index contributed by atoms with van der Waals surface area (Å²) in [6.07, 6.45) is 5.08. The number of nitrogens with one attached hydrogen (secondary N) is 2. The zero-order valence-electron chi connectivity index (χ0n) is 18.8. The number of rotatable bonds is 5. The van der Waals surface area contributed by atoms with Crippen molar-refractivity contribution in [3.05, 3.63) is 48.3 Å². The van der Waals surface area contributed by atoms with E-state index in [2.05, 4.69) is 41.2 Å². The molecular weight excluding hydrogens is 406 g/mol. The van der Waals surface area contributed by atoms with Gasteiger partial charge in [-0.05, 0) is 47.9 Å². The van der Waals surface area contributed by atoms with E-state index in [1.165, 1.54) is 13.3 Å². The Kier molecular flexibility index (Phi) is 5.54. The van der Waals surface area contributed by atoms with Crippen LogP contribution in [0.15, 0.2) is 42.7 Å². The van der Waals surface area contributed by atoms with Crippen LogP contribution in [0.3, 0.4) is 0 Å². The maximum atomic E-state index is 12.2. The van der Waals surface area contributed by atoms with Crippen molar-refractivity contribution in [3.63, 3.8) is 0 Å². The Morgan fingerprint density at radius 3 is 2.50 bits per heavy atom. The van der Waals surface area contributed by atoms with Crippen LogP contribution in [0.2, 0.25) is 0 Å². The van der Waals surface area contributed by atoms with Gasteiger partial charge in [0.25, 0.3) is 5.91 Å². The fourth-order valence-corrected chi connectivity index (χ4v) is 4.40. The molecule has 1 saturated carbocycles. The van der Waals surface area contributed by atoms with Crippen molar-refractivity contribution in [2.24, 2.45) is 17.1 Å². The predicted octanol–water partition coefficient (Wildman–Crippen LogP) is 4.52. The number of ether oxygens (including phenoxy) is 1. The van der Waals surface area contributed by atoms with Crippen molar-refractivity contribution in [2.75, 3.05) is 17.7 Å². The molecule has 1 aliphatic rings. The number of aromatic nitrogens is 2. The minimum absolute atomic E-state index is 0.0903. The lowest BCUT2D eigenvalue weighted by molar-refractivity contribution is 0.100. The Labute approximate surface area is 187 Å². The van der Waals surface area contributed by atoms with Crippen LogP contribution in [-0.2, 0) is 4.74 Å². The van der Waals surface area contributed by atoms with E-state index in [0.29, 0.717) is 17.2 Å². The van der Waals surface area contributed by atoms with Crippen LogP contribution in [0.25, 0.3) is 16.6 Å². The fourth-order valence-electron chi connectivity index (χ4n) is 4.40. The first kappa shape index (κ1) is 21.7. The third kappa shape index (κ3) is 3.88. The van der Waals surface area contributed by atoms with Crippen molar-refractivity contribution in [2.45, 2.75) is 39.7 Å². The lowest BCUT2D eigenvalue weighted by Crippen LogP contribution is -2.35. The van der Waals surface area contributed by atoms with E-state index in [0.717, 1.165) is 35.2 Å². The second kappa shape index (κ2) is 8.18. The molecule has 1 aliphatic carbocycles. The highest BCUT2D eigenvalue weighted by atomic mass is 16.5. The number of anilines is 2. The van der Waals surface area contributed by atoms with Crippen LogP contribution in [0.4, 0.5) is 16.2 Å². The molecule has 2 heterocycles. The molecule has 32 heavy (non-hydrogen) atoms. The highest BCUT2D eigenvalue weighted by Crippen LogP contribution is 2.44. The average molecular weight is 436 g/mol. The monoisotopic (exact) mass is 435 g/mol. The topological polar surface area (TPSA) is 111 Å². The number of methoxy groups -OCH3 is 1. The number of amides is 2. The molecule has 0 spiro atoms. The number of primary amides is 1. The Morgan fingerprint density at radius 2 is 1.91 bits per heavy atom. The Bertz CT molecular complexity index is 1170. The molecule has 8 heteroatoms. The molecule has 1 aromatic carbocycles. The largest absolute Gasteiger partial charge is 0.453 e. The summed E-state index contributed by atoms with van der Waals surface area (Å²) >= 11 is 0. The zero-order chi connectivity index (χ0) is 23.0. The average Bonchev–Trinajstić information content (AvgIpc) is 3.30. The first-order valence-electron chi connectivity index (χ1n) is 10.7. The van der Waals surface area contributed by atoms with Gasteiger partial charge in [-0.3, -0.25) is 10.1 Å². The molecule has 3 aromatic rings. The first-order valence-corrected chi connectivity index (χ1v) is 10.7. The normalized spacial score (nSPS) is 19.6. The molecule has 2 amide bonds. The van der Waals surface area contributed by atoms with E-state index in [4.69, 9.17) is 5.73 Å². The van der Waals surface area contributed by atoms with Gasteiger partial charge < -0.3 is 15.8 Å². The maximum absolute atomic E-state index is 12.2. The van der Waals surface area contributed by atoms with Crippen LogP contribution in [0.1, 0.15) is 44.0 Å². The van der Waals surface area contributed by atoms with Gasteiger partial charge in [-0.15, -0.1) is 0 Å². The number of fused-ring (bicyclic) bond motifs is 1. The van der Waals surface area contributed by atoms with Gasteiger partial charge in [0.15, 0.2) is 0 Å². The molecule has 4 N–H and O–H groups in total. The molecule has 0 radical (unpaired) electrons. The van der Waals surface area contributed by atoms with Gasteiger partial charge in [0.1, 0.15) is 0 Å². The number of carbonyl (C=O) groups excluding carboxylic acids is 2. The van der Waals surface area contributed by atoms with Crippen LogP contribution in [-0.4, -0.2) is 34.8 Å². The molecule has 0 saturated heterocycles. The predicted molar refractivity (Wildman–Crippen MR) is 125 cm³/mol. The number of nitrogens with zero attached hydrogens (tertiary/aromatic N) is 2. The number of hydrogen-bond acceptors (Lipinski definition) is 5. The summed E-state index contributed by atoms with van der Waals surface area (Å²) in [5.74, 6) is 0.0710. The zero-order valence-corrected chi connectivity index (χ0v) is 18.8. The van der Waals surface area contributed by atoms with Gasteiger partial charge in [0.2, 0.25) is 0 Å². The standard InChI is InChI=1S/C24H29N5O3/c1-14-5-10-20(24(14,2)3)28-21-18(22(25)30)12-26-29-13-16(11-19(21)29)15-6-8-17(9-7-15)27-23(31)32-4/h6-9,11-14,20,28H,5,10H2,1-4H3,(H2,25,30)(H,27,31)/t14?,20-/m1/s1. The maximum Gasteiger partial charge on any atom is 0.411 e. The van der Waals surface area contributed by atoms with Gasteiger partial charge in [-0.25, -0.2) is 9.31 Å². The quantitative estimate of drug-likeness (QED) is 0.546. The van der Waals surface area contributed by atoms with Crippen molar-refractivity contribution in [1.82, 2.24) is 9.61 Å². The molecule has 0 aliphatic heterocycles. The molecule has 4 rings (SSSR count). The Balaban J connectivity index is 1.71. The van der Waals surface area contributed by atoms with E-state index in [9.17, 15) is 9.59 Å². The smallest absolute Gasteiger partial charge is 0.411 e. The molecule has 168 valence electrons. The third-order valence-electron chi connectivity index (χ3n) is 6.93. The molecule has 2 aromatic heterocycles. The number of benzene rings is 1. The summed E-state index contributed by atoms with van der Waals surface area (Å²) < 4.78 is 6.38. The Morgan fingerprint density at radius 1 is 1.19 bits per heavy atom. The van der Waals surface area contributed by atoms with Crippen LogP contribution in [0, 0.1) is 11.3 Å². The van der Waals surface area contributed by atoms with E-state index < -0.39 is 12.0 Å². The third-order valence-corrected chi connectivity index (χ3v) is 6.93. The van der Waals surface area contributed by atoms with Gasteiger partial charge in [0, 0.05) is 23.5 Å². The summed E-state index contributed by atoms with van der Waals surface area (Å²) in [5, 5.41) is 10.7. The van der Waals surface area contributed by atoms with Crippen LogP contribution >= 0.6 is 0 Å². The van der Waals surface area contributed by atoms with Crippen LogP contribution in [0.5, 0.6) is 0 Å². The lowest BCUT2D eigenvalue weighted by Gasteiger charge is -2.33. The van der Waals surface area contributed by atoms with E-state index in [-0.39, 0.29) is 11.5 Å². The highest BCUT2D eigenvalue weighted by Gasteiger charge is 2.41. The van der Waals surface area contributed by atoms with Gasteiger partial charge in [0.05, 0.1) is 30.1 Å². The van der Waals surface area contributed by atoms with Gasteiger partial charge in [-0.1, -0.05) is 32.9 Å². The lowest BCUT2D eigenvalue weighted by atomic mass is 9.80. The van der Waals surface area contributed by atoms with Crippen molar-refractivity contribution in [1.29, 1.82) is 0 Å². The molecular formula is C24H29N5O3. The Hall–Kier alpha value is -3.55. The van der Waals surface area contributed by atoms with Gasteiger partial charge >= 0.3 is 6.09 Å². The van der Waals surface area contributed by atoms with Crippen molar-refractivity contribution < 1.29 is 14.3 Å². The molecule has 2 atom stereocenters. The van der Waals surface area contributed by atoms with Gasteiger partial charge in [-0.2, -0.15) is 5.10 Å². The number of carbonyl (C=O) groups is 2. The summed E-state index contributed by atoms with van der Waals surface area (Å²) in [7, 11) is 1.32. The highest BCUT2D eigenvalue weighted by molar-refractivity contribution is 6.02. The summed E-state index contributed by atoms with van der Waals surface area (Å²) in [6.45, 7) is 6.79. The van der Waals surface area contributed by atoms with Crippen molar-refractivity contribution >= 4 is 28.9 Å². The summed E-state index contributed by atoms with van der Waals surface area (Å²) in [6, 6.07) is 9.64. The van der Waals surface area contributed by atoms with E-state index in [1.54, 1.807) is 16.6 Å². The second-order valence-corrected chi connectivity index (χ2v) is 9.05. The minimum atomic E-state index is -0.518. The van der Waals surface area contributed by atoms with E-state index in [1.807, 2.05) is 24.4 Å². The number of hydrogen-bond donors (Lipinski definition) is 3. The minimum Gasteiger partial charge on any atom is -0.453 e. The molecule has 1 unspecified atom stereocenters. The first-order chi connectivity index (χ1) is 15.2. The van der Waals surface area contributed by atoms with Crippen molar-refractivity contribution in [3.8, 4) is 11.1 Å². The second-order valence-electron chi connectivity index (χ2n) is 9.05. The molecule has 0 bridgehead atoms. The molecule has 8 nitrogen and oxygen atoms in total. The molecule has 1 fully saturated rings. The number of nitrogens with two attached hydrogens (primary N) is 1. The summed E-state index contributed by atoms with van der Waals surface area (Å²) in [5.41, 5.74) is 10.2. The van der Waals surface area contributed by atoms with E-state index >= 15 is 0 Å². The van der Waals surface area contributed by atoms with Crippen LogP contribution < -0.4 is 16.4 Å².